The van der Waals surface area contributed by atoms with Crippen molar-refractivity contribution in [3.05, 3.63) is 41.6 Å². The van der Waals surface area contributed by atoms with Crippen molar-refractivity contribution in [3.8, 4) is 0 Å². The van der Waals surface area contributed by atoms with E-state index in [9.17, 15) is 0 Å². The first-order chi connectivity index (χ1) is 9.86. The molecule has 0 saturated carbocycles. The van der Waals surface area contributed by atoms with Gasteiger partial charge in [-0.15, -0.1) is 0 Å². The summed E-state index contributed by atoms with van der Waals surface area (Å²) in [7, 11) is 1.73. The fraction of sp³-hybridized carbons (Fsp3) is 0.471. The summed E-state index contributed by atoms with van der Waals surface area (Å²) in [6.07, 6.45) is -0.0293. The number of ether oxygens (including phenoxy) is 1. The first-order valence-corrected chi connectivity index (χ1v) is 7.23. The zero-order valence-corrected chi connectivity index (χ0v) is 13.5. The topological polar surface area (TPSA) is 60.2 Å². The molecule has 2 unspecified atom stereocenters. The zero-order valence-electron chi connectivity index (χ0n) is 13.5. The zero-order chi connectivity index (χ0) is 15.6. The SMILES string of the molecule is COC(C(NN)c1ccc2nc(C)ccc2c1)C(C)(C)C. The van der Waals surface area contributed by atoms with E-state index in [1.54, 1.807) is 7.11 Å². The van der Waals surface area contributed by atoms with Gasteiger partial charge >= 0.3 is 0 Å². The molecule has 21 heavy (non-hydrogen) atoms. The molecule has 3 N–H and O–H groups in total. The van der Waals surface area contributed by atoms with Gasteiger partial charge in [0.2, 0.25) is 0 Å². The van der Waals surface area contributed by atoms with Gasteiger partial charge in [-0.3, -0.25) is 16.3 Å². The number of aryl methyl sites for hydroxylation is 1. The van der Waals surface area contributed by atoms with Crippen LogP contribution in [0.1, 0.15) is 38.1 Å². The third-order valence-electron chi connectivity index (χ3n) is 3.80. The predicted octanol–water partition coefficient (Wildman–Crippen LogP) is 3.11. The molecule has 0 saturated heterocycles. The number of benzene rings is 1. The Morgan fingerprint density at radius 3 is 2.48 bits per heavy atom. The van der Waals surface area contributed by atoms with Crippen LogP contribution >= 0.6 is 0 Å². The van der Waals surface area contributed by atoms with Crippen LogP contribution in [0.4, 0.5) is 0 Å². The first kappa shape index (κ1) is 15.9. The second kappa shape index (κ2) is 6.10. The number of aromatic nitrogens is 1. The van der Waals surface area contributed by atoms with E-state index in [1.165, 1.54) is 0 Å². The summed E-state index contributed by atoms with van der Waals surface area (Å²) in [4.78, 5) is 4.53. The lowest BCUT2D eigenvalue weighted by Gasteiger charge is -2.36. The Labute approximate surface area is 126 Å². The predicted molar refractivity (Wildman–Crippen MR) is 86.8 cm³/mol. The molecule has 0 radical (unpaired) electrons. The molecule has 2 atom stereocenters. The summed E-state index contributed by atoms with van der Waals surface area (Å²) in [5.41, 5.74) is 6.01. The number of nitrogens with two attached hydrogens (primary N) is 1. The smallest absolute Gasteiger partial charge is 0.0827 e. The van der Waals surface area contributed by atoms with Crippen LogP contribution in [-0.2, 0) is 4.74 Å². The Balaban J connectivity index is 2.44. The number of methoxy groups -OCH3 is 1. The van der Waals surface area contributed by atoms with E-state index in [-0.39, 0.29) is 17.6 Å². The molecule has 0 aliphatic heterocycles. The van der Waals surface area contributed by atoms with Gasteiger partial charge in [0.1, 0.15) is 0 Å². The second-order valence-electron chi connectivity index (χ2n) is 6.57. The lowest BCUT2D eigenvalue weighted by molar-refractivity contribution is -0.0120. The molecule has 0 spiro atoms. The number of fused-ring (bicyclic) bond motifs is 1. The van der Waals surface area contributed by atoms with Gasteiger partial charge in [-0.1, -0.05) is 32.9 Å². The number of nitrogens with one attached hydrogen (secondary N) is 1. The number of rotatable bonds is 4. The fourth-order valence-corrected chi connectivity index (χ4v) is 2.79. The highest BCUT2D eigenvalue weighted by Crippen LogP contribution is 2.33. The molecule has 0 bridgehead atoms. The van der Waals surface area contributed by atoms with Gasteiger partial charge in [-0.2, -0.15) is 0 Å². The highest BCUT2D eigenvalue weighted by Gasteiger charge is 2.32. The Morgan fingerprint density at radius 1 is 1.19 bits per heavy atom. The molecule has 4 heteroatoms. The Bertz CT molecular complexity index is 619. The molecule has 0 amide bonds. The fourth-order valence-electron chi connectivity index (χ4n) is 2.79. The molecule has 114 valence electrons. The summed E-state index contributed by atoms with van der Waals surface area (Å²) in [5, 5.41) is 1.11. The maximum absolute atomic E-state index is 5.80. The van der Waals surface area contributed by atoms with Gasteiger partial charge in [0.15, 0.2) is 0 Å². The Hall–Kier alpha value is -1.49. The lowest BCUT2D eigenvalue weighted by atomic mass is 9.82. The maximum Gasteiger partial charge on any atom is 0.0827 e. The van der Waals surface area contributed by atoms with Crippen molar-refractivity contribution in [1.82, 2.24) is 10.4 Å². The van der Waals surface area contributed by atoms with Crippen LogP contribution in [-0.4, -0.2) is 18.2 Å². The summed E-state index contributed by atoms with van der Waals surface area (Å²) in [6.45, 7) is 8.45. The average molecular weight is 287 g/mol. The average Bonchev–Trinajstić information content (AvgIpc) is 2.42. The summed E-state index contributed by atoms with van der Waals surface area (Å²) in [6, 6.07) is 10.3. The van der Waals surface area contributed by atoms with Crippen molar-refractivity contribution in [2.24, 2.45) is 11.3 Å². The van der Waals surface area contributed by atoms with E-state index in [0.29, 0.717) is 0 Å². The molecule has 0 aliphatic rings. The van der Waals surface area contributed by atoms with Crippen molar-refractivity contribution in [1.29, 1.82) is 0 Å². The molecule has 2 aromatic rings. The Kier molecular flexibility index (Phi) is 4.61. The standard InChI is InChI=1S/C17H25N3O/c1-11-6-7-12-10-13(8-9-14(12)19-11)15(20-18)16(21-5)17(2,3)4/h6-10,15-16,20H,18H2,1-5H3. The normalized spacial score (nSPS) is 15.1. The molecule has 0 fully saturated rings. The van der Waals surface area contributed by atoms with Crippen LogP contribution in [0, 0.1) is 12.3 Å². The van der Waals surface area contributed by atoms with E-state index in [4.69, 9.17) is 10.6 Å². The minimum Gasteiger partial charge on any atom is -0.379 e. The number of hydrogen-bond acceptors (Lipinski definition) is 4. The number of hydrazine groups is 1. The van der Waals surface area contributed by atoms with Crippen LogP contribution in [0.25, 0.3) is 10.9 Å². The van der Waals surface area contributed by atoms with Gasteiger partial charge in [-0.05, 0) is 36.1 Å². The number of pyridine rings is 1. The van der Waals surface area contributed by atoms with Crippen molar-refractivity contribution in [3.63, 3.8) is 0 Å². The lowest BCUT2D eigenvalue weighted by Crippen LogP contribution is -2.44. The van der Waals surface area contributed by atoms with Crippen molar-refractivity contribution >= 4 is 10.9 Å². The number of hydrogen-bond donors (Lipinski definition) is 2. The summed E-state index contributed by atoms with van der Waals surface area (Å²) in [5.74, 6) is 5.80. The highest BCUT2D eigenvalue weighted by molar-refractivity contribution is 5.79. The van der Waals surface area contributed by atoms with E-state index in [1.807, 2.05) is 19.1 Å². The molecular weight excluding hydrogens is 262 g/mol. The largest absolute Gasteiger partial charge is 0.379 e. The minimum atomic E-state index is -0.0688. The molecule has 1 aromatic heterocycles. The molecule has 4 nitrogen and oxygen atoms in total. The second-order valence-corrected chi connectivity index (χ2v) is 6.57. The molecule has 0 aliphatic carbocycles. The van der Waals surface area contributed by atoms with Gasteiger partial charge in [0, 0.05) is 18.2 Å². The number of nitrogens with zero attached hydrogens (tertiary/aromatic N) is 1. The van der Waals surface area contributed by atoms with Crippen LogP contribution in [0.3, 0.4) is 0 Å². The Morgan fingerprint density at radius 2 is 1.90 bits per heavy atom. The van der Waals surface area contributed by atoms with Gasteiger partial charge in [0.05, 0.1) is 17.7 Å². The van der Waals surface area contributed by atoms with E-state index < -0.39 is 0 Å². The molecule has 1 aromatic carbocycles. The van der Waals surface area contributed by atoms with E-state index in [2.05, 4.69) is 49.4 Å². The van der Waals surface area contributed by atoms with Crippen LogP contribution in [0.5, 0.6) is 0 Å². The minimum absolute atomic E-state index is 0.0216. The molecule has 2 rings (SSSR count). The molecular formula is C17H25N3O. The molecule has 1 heterocycles. The van der Waals surface area contributed by atoms with Crippen molar-refractivity contribution < 1.29 is 4.74 Å². The van der Waals surface area contributed by atoms with Gasteiger partial charge in [-0.25, -0.2) is 0 Å². The monoisotopic (exact) mass is 287 g/mol. The van der Waals surface area contributed by atoms with Crippen molar-refractivity contribution in [2.75, 3.05) is 7.11 Å². The van der Waals surface area contributed by atoms with Crippen LogP contribution < -0.4 is 11.3 Å². The third kappa shape index (κ3) is 3.40. The van der Waals surface area contributed by atoms with Gasteiger partial charge in [0.25, 0.3) is 0 Å². The van der Waals surface area contributed by atoms with E-state index in [0.717, 1.165) is 22.2 Å². The summed E-state index contributed by atoms with van der Waals surface area (Å²) >= 11 is 0. The third-order valence-corrected chi connectivity index (χ3v) is 3.80. The quantitative estimate of drug-likeness (QED) is 0.670. The van der Waals surface area contributed by atoms with Gasteiger partial charge < -0.3 is 4.74 Å². The maximum atomic E-state index is 5.80. The summed E-state index contributed by atoms with van der Waals surface area (Å²) < 4.78 is 5.70. The van der Waals surface area contributed by atoms with E-state index >= 15 is 0 Å². The van der Waals surface area contributed by atoms with Crippen molar-refractivity contribution in [2.45, 2.75) is 39.8 Å². The highest BCUT2D eigenvalue weighted by atomic mass is 16.5. The first-order valence-electron chi connectivity index (χ1n) is 7.23. The van der Waals surface area contributed by atoms with Crippen LogP contribution in [0.15, 0.2) is 30.3 Å². The van der Waals surface area contributed by atoms with Crippen LogP contribution in [0.2, 0.25) is 0 Å².